The predicted octanol–water partition coefficient (Wildman–Crippen LogP) is 4.38. The van der Waals surface area contributed by atoms with E-state index in [0.717, 1.165) is 29.7 Å². The van der Waals surface area contributed by atoms with Gasteiger partial charge in [-0.05, 0) is 49.6 Å². The number of benzene rings is 1. The van der Waals surface area contributed by atoms with Gasteiger partial charge >= 0.3 is 0 Å². The summed E-state index contributed by atoms with van der Waals surface area (Å²) in [5.41, 5.74) is 3.09. The molecule has 31 heavy (non-hydrogen) atoms. The molecule has 0 radical (unpaired) electrons. The van der Waals surface area contributed by atoms with E-state index >= 15 is 0 Å². The molecule has 1 aromatic carbocycles. The summed E-state index contributed by atoms with van der Waals surface area (Å²) in [7, 11) is 0. The standard InChI is InChI=1S/C24H23FN4O2/c1-16-5-2-9-22-27-21(15-29(16)22)24(30)28-10-4-7-18(14-28)23-26-13-20(31-23)12-17-6-3-8-19(25)11-17/h2-3,5-6,8-9,11,13,15,18H,4,7,10,12,14H2,1H3/t18-/m0/s1. The number of nitrogens with zero attached hydrogens (tertiary/aromatic N) is 4. The van der Waals surface area contributed by atoms with Crippen LogP contribution in [0.25, 0.3) is 5.65 Å². The van der Waals surface area contributed by atoms with E-state index in [-0.39, 0.29) is 17.6 Å². The first kappa shape index (κ1) is 19.5. The molecule has 7 heteroatoms. The zero-order valence-corrected chi connectivity index (χ0v) is 17.3. The van der Waals surface area contributed by atoms with Crippen LogP contribution in [-0.4, -0.2) is 38.3 Å². The number of fused-ring (bicyclic) bond motifs is 1. The fourth-order valence-electron chi connectivity index (χ4n) is 4.22. The summed E-state index contributed by atoms with van der Waals surface area (Å²) < 4.78 is 21.3. The topological polar surface area (TPSA) is 63.6 Å². The molecule has 1 aliphatic heterocycles. The fourth-order valence-corrected chi connectivity index (χ4v) is 4.22. The van der Waals surface area contributed by atoms with Crippen molar-refractivity contribution in [3.05, 3.63) is 89.3 Å². The summed E-state index contributed by atoms with van der Waals surface area (Å²) in [5.74, 6) is 1.03. The number of hydrogen-bond acceptors (Lipinski definition) is 4. The maximum absolute atomic E-state index is 13.4. The van der Waals surface area contributed by atoms with Crippen molar-refractivity contribution in [2.45, 2.75) is 32.1 Å². The molecule has 0 N–H and O–H groups in total. The van der Waals surface area contributed by atoms with Gasteiger partial charge in [-0.15, -0.1) is 0 Å². The first-order chi connectivity index (χ1) is 15.1. The number of aryl methyl sites for hydroxylation is 1. The van der Waals surface area contributed by atoms with E-state index in [0.29, 0.717) is 36.9 Å². The van der Waals surface area contributed by atoms with Crippen molar-refractivity contribution in [3.8, 4) is 0 Å². The Morgan fingerprint density at radius 1 is 1.26 bits per heavy atom. The summed E-state index contributed by atoms with van der Waals surface area (Å²) >= 11 is 0. The molecule has 1 fully saturated rings. The van der Waals surface area contributed by atoms with Crippen LogP contribution in [0.5, 0.6) is 0 Å². The molecule has 158 valence electrons. The number of aromatic nitrogens is 3. The minimum atomic E-state index is -0.263. The molecule has 1 amide bonds. The maximum Gasteiger partial charge on any atom is 0.274 e. The normalized spacial score (nSPS) is 16.7. The molecular weight excluding hydrogens is 395 g/mol. The average molecular weight is 418 g/mol. The zero-order valence-electron chi connectivity index (χ0n) is 17.3. The summed E-state index contributed by atoms with van der Waals surface area (Å²) in [6.07, 6.45) is 5.78. The van der Waals surface area contributed by atoms with Gasteiger partial charge in [0.1, 0.15) is 22.9 Å². The number of amides is 1. The monoisotopic (exact) mass is 418 g/mol. The molecule has 1 atom stereocenters. The lowest BCUT2D eigenvalue weighted by molar-refractivity contribution is 0.0692. The predicted molar refractivity (Wildman–Crippen MR) is 114 cm³/mol. The highest BCUT2D eigenvalue weighted by Gasteiger charge is 2.29. The van der Waals surface area contributed by atoms with Crippen LogP contribution in [0.1, 0.15) is 52.2 Å². The largest absolute Gasteiger partial charge is 0.445 e. The lowest BCUT2D eigenvalue weighted by atomic mass is 9.98. The van der Waals surface area contributed by atoms with Gasteiger partial charge in [-0.1, -0.05) is 18.2 Å². The van der Waals surface area contributed by atoms with Crippen LogP contribution in [0.3, 0.4) is 0 Å². The zero-order chi connectivity index (χ0) is 21.4. The molecule has 0 unspecified atom stereocenters. The Morgan fingerprint density at radius 3 is 2.97 bits per heavy atom. The average Bonchev–Trinajstić information content (AvgIpc) is 3.41. The summed E-state index contributed by atoms with van der Waals surface area (Å²) in [4.78, 5) is 23.9. The van der Waals surface area contributed by atoms with E-state index in [1.54, 1.807) is 18.5 Å². The number of carbonyl (C=O) groups is 1. The van der Waals surface area contributed by atoms with Crippen molar-refractivity contribution in [1.29, 1.82) is 0 Å². The van der Waals surface area contributed by atoms with E-state index in [2.05, 4.69) is 9.97 Å². The second-order valence-electron chi connectivity index (χ2n) is 8.08. The van der Waals surface area contributed by atoms with Crippen molar-refractivity contribution in [2.75, 3.05) is 13.1 Å². The SMILES string of the molecule is Cc1cccc2nc(C(=O)N3CCC[C@H](c4ncc(Cc5cccc(F)c5)o4)C3)cn12. The van der Waals surface area contributed by atoms with E-state index in [1.165, 1.54) is 12.1 Å². The van der Waals surface area contributed by atoms with Crippen LogP contribution in [0.15, 0.2) is 59.3 Å². The van der Waals surface area contributed by atoms with Crippen LogP contribution >= 0.6 is 0 Å². The summed E-state index contributed by atoms with van der Waals surface area (Å²) in [5, 5.41) is 0. The smallest absolute Gasteiger partial charge is 0.274 e. The Morgan fingerprint density at radius 2 is 2.13 bits per heavy atom. The van der Waals surface area contributed by atoms with Gasteiger partial charge in [-0.2, -0.15) is 0 Å². The van der Waals surface area contributed by atoms with Crippen molar-refractivity contribution in [3.63, 3.8) is 0 Å². The number of piperidine rings is 1. The quantitative estimate of drug-likeness (QED) is 0.493. The number of imidazole rings is 1. The molecule has 0 aliphatic carbocycles. The minimum absolute atomic E-state index is 0.0396. The number of carbonyl (C=O) groups excluding carboxylic acids is 1. The third-order valence-electron chi connectivity index (χ3n) is 5.81. The van der Waals surface area contributed by atoms with Crippen LogP contribution in [0.4, 0.5) is 4.39 Å². The molecule has 4 aromatic rings. The highest BCUT2D eigenvalue weighted by Crippen LogP contribution is 2.28. The van der Waals surface area contributed by atoms with Gasteiger partial charge in [0.25, 0.3) is 5.91 Å². The third-order valence-corrected chi connectivity index (χ3v) is 5.81. The van der Waals surface area contributed by atoms with Gasteiger partial charge in [-0.25, -0.2) is 14.4 Å². The van der Waals surface area contributed by atoms with Gasteiger partial charge < -0.3 is 13.7 Å². The van der Waals surface area contributed by atoms with E-state index in [4.69, 9.17) is 4.42 Å². The van der Waals surface area contributed by atoms with E-state index < -0.39 is 0 Å². The number of rotatable bonds is 4. The van der Waals surface area contributed by atoms with Crippen LogP contribution in [0, 0.1) is 12.7 Å². The maximum atomic E-state index is 13.4. The van der Waals surface area contributed by atoms with Crippen LogP contribution < -0.4 is 0 Å². The van der Waals surface area contributed by atoms with Crippen LogP contribution in [0.2, 0.25) is 0 Å². The Labute approximate surface area is 179 Å². The van der Waals surface area contributed by atoms with E-state index in [9.17, 15) is 9.18 Å². The Bertz CT molecular complexity index is 1250. The van der Waals surface area contributed by atoms with Gasteiger partial charge in [0, 0.05) is 31.4 Å². The fraction of sp³-hybridized carbons (Fsp3) is 0.292. The molecule has 1 aliphatic rings. The molecule has 0 saturated carbocycles. The molecule has 6 nitrogen and oxygen atoms in total. The van der Waals surface area contributed by atoms with Gasteiger partial charge in [0.15, 0.2) is 5.89 Å². The summed E-state index contributed by atoms with van der Waals surface area (Å²) in [6, 6.07) is 12.3. The Kier molecular flexibility index (Phi) is 5.02. The second kappa shape index (κ2) is 7.98. The highest BCUT2D eigenvalue weighted by atomic mass is 19.1. The molecule has 4 heterocycles. The number of halogens is 1. The molecule has 1 saturated heterocycles. The second-order valence-corrected chi connectivity index (χ2v) is 8.08. The lowest BCUT2D eigenvalue weighted by Gasteiger charge is -2.30. The number of hydrogen-bond donors (Lipinski definition) is 0. The molecule has 5 rings (SSSR count). The van der Waals surface area contributed by atoms with Crippen LogP contribution in [-0.2, 0) is 6.42 Å². The first-order valence-corrected chi connectivity index (χ1v) is 10.5. The molecule has 3 aromatic heterocycles. The Hall–Kier alpha value is -3.48. The lowest BCUT2D eigenvalue weighted by Crippen LogP contribution is -2.39. The van der Waals surface area contributed by atoms with Gasteiger partial charge in [0.2, 0.25) is 0 Å². The van der Waals surface area contributed by atoms with Crippen molar-refractivity contribution < 1.29 is 13.6 Å². The summed E-state index contributed by atoms with van der Waals surface area (Å²) in [6.45, 7) is 3.23. The number of oxazole rings is 1. The minimum Gasteiger partial charge on any atom is -0.445 e. The van der Waals surface area contributed by atoms with Gasteiger partial charge in [-0.3, -0.25) is 4.79 Å². The molecule has 0 spiro atoms. The molecular formula is C24H23FN4O2. The molecule has 0 bridgehead atoms. The third kappa shape index (κ3) is 3.95. The van der Waals surface area contributed by atoms with E-state index in [1.807, 2.05) is 40.5 Å². The Balaban J connectivity index is 1.30. The van der Waals surface area contributed by atoms with Gasteiger partial charge in [0.05, 0.1) is 12.1 Å². The first-order valence-electron chi connectivity index (χ1n) is 10.5. The highest BCUT2D eigenvalue weighted by molar-refractivity contribution is 5.93. The van der Waals surface area contributed by atoms with Crippen molar-refractivity contribution in [1.82, 2.24) is 19.3 Å². The van der Waals surface area contributed by atoms with Crippen molar-refractivity contribution in [2.24, 2.45) is 0 Å². The van der Waals surface area contributed by atoms with Crippen molar-refractivity contribution >= 4 is 11.6 Å². The number of pyridine rings is 1. The number of likely N-dealkylation sites (tertiary alicyclic amines) is 1.